The van der Waals surface area contributed by atoms with E-state index in [0.717, 1.165) is 67.7 Å². The molecule has 1 aliphatic heterocycles. The van der Waals surface area contributed by atoms with E-state index in [9.17, 15) is 5.11 Å². The lowest BCUT2D eigenvalue weighted by molar-refractivity contribution is 0.0331. The van der Waals surface area contributed by atoms with Crippen molar-refractivity contribution in [3.63, 3.8) is 0 Å². The number of aromatic nitrogens is 2. The molecule has 3 heterocycles. The Bertz CT molecular complexity index is 754. The second kappa shape index (κ2) is 8.17. The normalized spacial score (nSPS) is 16.3. The van der Waals surface area contributed by atoms with E-state index < -0.39 is 0 Å². The first-order valence-electron chi connectivity index (χ1n) is 9.31. The van der Waals surface area contributed by atoms with E-state index in [1.54, 1.807) is 11.3 Å². The molecule has 144 valence electrons. The van der Waals surface area contributed by atoms with Gasteiger partial charge in [-0.05, 0) is 31.2 Å². The highest BCUT2D eigenvalue weighted by molar-refractivity contribution is 7.18. The van der Waals surface area contributed by atoms with Gasteiger partial charge in [-0.3, -0.25) is 4.90 Å². The van der Waals surface area contributed by atoms with Crippen molar-refractivity contribution in [2.75, 3.05) is 44.8 Å². The van der Waals surface area contributed by atoms with Crippen LogP contribution >= 0.6 is 11.3 Å². The van der Waals surface area contributed by atoms with Crippen molar-refractivity contribution in [1.82, 2.24) is 14.9 Å². The third kappa shape index (κ3) is 4.52. The average Bonchev–Trinajstić information content (AvgIpc) is 2.88. The van der Waals surface area contributed by atoms with E-state index in [-0.39, 0.29) is 12.0 Å². The molecule has 0 amide bonds. The van der Waals surface area contributed by atoms with Crippen LogP contribution in [0.2, 0.25) is 0 Å². The lowest BCUT2D eigenvalue weighted by Gasteiger charge is -2.26. The Hall–Kier alpha value is -1.28. The topological polar surface area (TPSA) is 70.5 Å². The van der Waals surface area contributed by atoms with Crippen molar-refractivity contribution in [1.29, 1.82) is 0 Å². The molecule has 1 aliphatic rings. The van der Waals surface area contributed by atoms with Crippen LogP contribution in [0.1, 0.15) is 36.5 Å². The number of nitrogens with zero attached hydrogens (tertiary/aromatic N) is 3. The molecule has 26 heavy (non-hydrogen) atoms. The SMILES string of the molecule is Cc1sc2nc(CN3CCOCC3)nc(NCC(C)(C)CCO)c2c1C. The maximum Gasteiger partial charge on any atom is 0.146 e. The summed E-state index contributed by atoms with van der Waals surface area (Å²) in [4.78, 5) is 14.4. The first kappa shape index (κ1) is 19.5. The van der Waals surface area contributed by atoms with E-state index in [4.69, 9.17) is 14.7 Å². The van der Waals surface area contributed by atoms with E-state index in [0.29, 0.717) is 0 Å². The number of aliphatic hydroxyl groups excluding tert-OH is 1. The summed E-state index contributed by atoms with van der Waals surface area (Å²) < 4.78 is 5.44. The van der Waals surface area contributed by atoms with Crippen LogP contribution in [0, 0.1) is 19.3 Å². The van der Waals surface area contributed by atoms with Gasteiger partial charge < -0.3 is 15.2 Å². The molecule has 0 spiro atoms. The fourth-order valence-corrected chi connectivity index (χ4v) is 4.21. The third-order valence-electron chi connectivity index (χ3n) is 5.07. The van der Waals surface area contributed by atoms with Gasteiger partial charge in [0.15, 0.2) is 0 Å². The maximum absolute atomic E-state index is 9.28. The summed E-state index contributed by atoms with van der Waals surface area (Å²) in [5, 5.41) is 14.0. The number of hydrogen-bond acceptors (Lipinski definition) is 7. The fraction of sp³-hybridized carbons (Fsp3) is 0.684. The highest BCUT2D eigenvalue weighted by Crippen LogP contribution is 2.34. The van der Waals surface area contributed by atoms with E-state index in [2.05, 4.69) is 37.9 Å². The fourth-order valence-electron chi connectivity index (χ4n) is 3.17. The number of anilines is 1. The number of fused-ring (bicyclic) bond motifs is 1. The molecule has 0 atom stereocenters. The van der Waals surface area contributed by atoms with Gasteiger partial charge in [0.05, 0.1) is 25.1 Å². The zero-order valence-corrected chi connectivity index (χ0v) is 17.1. The second-order valence-electron chi connectivity index (χ2n) is 7.83. The lowest BCUT2D eigenvalue weighted by atomic mass is 9.90. The van der Waals surface area contributed by atoms with Crippen molar-refractivity contribution < 1.29 is 9.84 Å². The van der Waals surface area contributed by atoms with Crippen molar-refractivity contribution in [3.8, 4) is 0 Å². The number of aryl methyl sites for hydroxylation is 2. The average molecular weight is 379 g/mol. The molecule has 0 aliphatic carbocycles. The molecular formula is C19H30N4O2S. The molecule has 6 nitrogen and oxygen atoms in total. The maximum atomic E-state index is 9.28. The van der Waals surface area contributed by atoms with Gasteiger partial charge in [-0.15, -0.1) is 11.3 Å². The third-order valence-corrected chi connectivity index (χ3v) is 6.17. The predicted octanol–water partition coefficient (Wildman–Crippen LogP) is 2.96. The van der Waals surface area contributed by atoms with E-state index in [1.165, 1.54) is 10.4 Å². The smallest absolute Gasteiger partial charge is 0.146 e. The molecule has 2 aromatic heterocycles. The Balaban J connectivity index is 1.88. The molecule has 0 bridgehead atoms. The van der Waals surface area contributed by atoms with Crippen molar-refractivity contribution in [2.24, 2.45) is 5.41 Å². The number of thiophene rings is 1. The highest BCUT2D eigenvalue weighted by Gasteiger charge is 2.21. The predicted molar refractivity (Wildman–Crippen MR) is 107 cm³/mol. The summed E-state index contributed by atoms with van der Waals surface area (Å²) in [5.41, 5.74) is 1.26. The quantitative estimate of drug-likeness (QED) is 0.772. The first-order chi connectivity index (χ1) is 12.4. The zero-order chi connectivity index (χ0) is 18.7. The van der Waals surface area contributed by atoms with Crippen molar-refractivity contribution >= 4 is 27.4 Å². The highest BCUT2D eigenvalue weighted by atomic mass is 32.1. The van der Waals surface area contributed by atoms with E-state index in [1.807, 2.05) is 0 Å². The molecule has 0 aromatic carbocycles. The minimum absolute atomic E-state index is 0.00929. The van der Waals surface area contributed by atoms with Crippen molar-refractivity contribution in [2.45, 2.75) is 40.7 Å². The van der Waals surface area contributed by atoms with Gasteiger partial charge in [-0.25, -0.2) is 9.97 Å². The summed E-state index contributed by atoms with van der Waals surface area (Å²) in [7, 11) is 0. The summed E-state index contributed by atoms with van der Waals surface area (Å²) in [6, 6.07) is 0. The van der Waals surface area contributed by atoms with E-state index >= 15 is 0 Å². The van der Waals surface area contributed by atoms with Crippen LogP contribution in [0.15, 0.2) is 0 Å². The Morgan fingerprint density at radius 2 is 1.96 bits per heavy atom. The molecule has 3 rings (SSSR count). The van der Waals surface area contributed by atoms with Gasteiger partial charge in [0.25, 0.3) is 0 Å². The first-order valence-corrected chi connectivity index (χ1v) is 10.1. The zero-order valence-electron chi connectivity index (χ0n) is 16.3. The molecule has 0 radical (unpaired) electrons. The summed E-state index contributed by atoms with van der Waals surface area (Å²) in [5.74, 6) is 1.79. The molecule has 2 aromatic rings. The molecule has 2 N–H and O–H groups in total. The van der Waals surface area contributed by atoms with Crippen LogP contribution < -0.4 is 5.32 Å². The Kier molecular flexibility index (Phi) is 6.12. The van der Waals surface area contributed by atoms with Gasteiger partial charge in [0.1, 0.15) is 16.5 Å². The molecule has 1 fully saturated rings. The minimum Gasteiger partial charge on any atom is -0.396 e. The Morgan fingerprint density at radius 3 is 2.65 bits per heavy atom. The van der Waals surface area contributed by atoms with Crippen LogP contribution in [0.5, 0.6) is 0 Å². The van der Waals surface area contributed by atoms with Gasteiger partial charge in [0.2, 0.25) is 0 Å². The van der Waals surface area contributed by atoms with Crippen LogP contribution in [0.4, 0.5) is 5.82 Å². The number of hydrogen-bond donors (Lipinski definition) is 2. The Labute approximate surface area is 159 Å². The van der Waals surface area contributed by atoms with Gasteiger partial charge in [-0.2, -0.15) is 0 Å². The van der Waals surface area contributed by atoms with Crippen LogP contribution in [0.3, 0.4) is 0 Å². The summed E-state index contributed by atoms with van der Waals surface area (Å²) in [6.07, 6.45) is 0.760. The van der Waals surface area contributed by atoms with Gasteiger partial charge in [0, 0.05) is 31.1 Å². The molecule has 1 saturated heterocycles. The number of rotatable bonds is 7. The van der Waals surface area contributed by atoms with Gasteiger partial charge >= 0.3 is 0 Å². The minimum atomic E-state index is 0.00929. The number of aliphatic hydroxyl groups is 1. The molecule has 0 saturated carbocycles. The number of nitrogens with one attached hydrogen (secondary N) is 1. The monoisotopic (exact) mass is 378 g/mol. The lowest BCUT2D eigenvalue weighted by Crippen LogP contribution is -2.36. The molecular weight excluding hydrogens is 348 g/mol. The summed E-state index contributed by atoms with van der Waals surface area (Å²) >= 11 is 1.74. The van der Waals surface area contributed by atoms with Crippen LogP contribution in [-0.2, 0) is 11.3 Å². The van der Waals surface area contributed by atoms with Gasteiger partial charge in [-0.1, -0.05) is 13.8 Å². The Morgan fingerprint density at radius 1 is 1.23 bits per heavy atom. The second-order valence-corrected chi connectivity index (χ2v) is 9.03. The molecule has 0 unspecified atom stereocenters. The van der Waals surface area contributed by atoms with Crippen molar-refractivity contribution in [3.05, 3.63) is 16.3 Å². The standard InChI is InChI=1S/C19H30N4O2S/c1-13-14(2)26-18-16(13)17(20-12-19(3,4)5-8-24)21-15(22-18)11-23-6-9-25-10-7-23/h24H,5-12H2,1-4H3,(H,20,21,22). The largest absolute Gasteiger partial charge is 0.396 e. The molecule has 7 heteroatoms. The number of morpholine rings is 1. The number of ether oxygens (including phenoxy) is 1. The van der Waals surface area contributed by atoms with Crippen LogP contribution in [0.25, 0.3) is 10.2 Å². The summed E-state index contributed by atoms with van der Waals surface area (Å²) in [6.45, 7) is 13.7. The van der Waals surface area contributed by atoms with Crippen LogP contribution in [-0.4, -0.2) is 59.4 Å².